The zero-order valence-corrected chi connectivity index (χ0v) is 19.1. The number of benzene rings is 1. The van der Waals surface area contributed by atoms with Crippen LogP contribution in [0.15, 0.2) is 35.1 Å². The van der Waals surface area contributed by atoms with Crippen LogP contribution in [0.4, 0.5) is 10.2 Å². The number of halogens is 2. The summed E-state index contributed by atoms with van der Waals surface area (Å²) in [5.41, 5.74) is 1.64. The van der Waals surface area contributed by atoms with Crippen LogP contribution in [0.25, 0.3) is 11.0 Å². The lowest BCUT2D eigenvalue weighted by atomic mass is 10.0. The molecule has 4 rings (SSSR count). The number of nitriles is 1. The smallest absolute Gasteiger partial charge is 0.349 e. The van der Waals surface area contributed by atoms with Crippen molar-refractivity contribution in [3.8, 4) is 6.07 Å². The number of hydrogen-bond acceptors (Lipinski definition) is 6. The number of anilines is 1. The van der Waals surface area contributed by atoms with Crippen molar-refractivity contribution in [2.45, 2.75) is 38.9 Å². The van der Waals surface area contributed by atoms with Crippen LogP contribution >= 0.6 is 11.6 Å². The Bertz CT molecular complexity index is 1290. The van der Waals surface area contributed by atoms with Crippen LogP contribution in [-0.4, -0.2) is 44.6 Å². The number of nitrogens with zero attached hydrogens (tertiary/aromatic N) is 6. The van der Waals surface area contributed by atoms with Crippen LogP contribution in [-0.2, 0) is 7.05 Å². The molecule has 1 saturated heterocycles. The molecule has 1 aliphatic heterocycles. The Morgan fingerprint density at radius 1 is 1.19 bits per heavy atom. The lowest BCUT2D eigenvalue weighted by Crippen LogP contribution is -2.57. The Morgan fingerprint density at radius 3 is 2.62 bits per heavy atom. The molecule has 0 spiro atoms. The zero-order valence-electron chi connectivity index (χ0n) is 18.4. The van der Waals surface area contributed by atoms with Crippen molar-refractivity contribution >= 4 is 28.5 Å². The van der Waals surface area contributed by atoms with Crippen molar-refractivity contribution in [1.82, 2.24) is 19.4 Å². The molecule has 1 aromatic carbocycles. The second kappa shape index (κ2) is 8.49. The quantitative estimate of drug-likeness (QED) is 0.601. The predicted molar refractivity (Wildman–Crippen MR) is 122 cm³/mol. The third-order valence-electron chi connectivity index (χ3n) is 6.27. The molecule has 0 aliphatic carbocycles. The highest BCUT2D eigenvalue weighted by Gasteiger charge is 2.35. The van der Waals surface area contributed by atoms with Gasteiger partial charge in [0, 0.05) is 48.8 Å². The summed E-state index contributed by atoms with van der Waals surface area (Å²) in [5, 5.41) is 9.67. The van der Waals surface area contributed by atoms with E-state index in [0.29, 0.717) is 40.5 Å². The lowest BCUT2D eigenvalue weighted by molar-refractivity contribution is 0.117. The Kier molecular flexibility index (Phi) is 5.89. The molecule has 7 nitrogen and oxygen atoms in total. The van der Waals surface area contributed by atoms with Gasteiger partial charge in [-0.05, 0) is 45.0 Å². The molecule has 1 fully saturated rings. The van der Waals surface area contributed by atoms with Gasteiger partial charge >= 0.3 is 5.69 Å². The normalized spacial score (nSPS) is 20.3. The molecule has 0 bridgehead atoms. The van der Waals surface area contributed by atoms with Gasteiger partial charge in [-0.2, -0.15) is 10.2 Å². The Labute approximate surface area is 190 Å². The molecule has 3 atom stereocenters. The minimum atomic E-state index is -0.377. The molecule has 2 unspecified atom stereocenters. The molecule has 0 saturated carbocycles. The maximum absolute atomic E-state index is 14.5. The summed E-state index contributed by atoms with van der Waals surface area (Å²) in [6.45, 7) is 7.32. The van der Waals surface area contributed by atoms with E-state index >= 15 is 0 Å². The van der Waals surface area contributed by atoms with E-state index in [9.17, 15) is 14.4 Å². The average molecular weight is 455 g/mol. The van der Waals surface area contributed by atoms with E-state index in [1.807, 2.05) is 13.8 Å². The monoisotopic (exact) mass is 454 g/mol. The van der Waals surface area contributed by atoms with Gasteiger partial charge in [0.1, 0.15) is 23.1 Å². The van der Waals surface area contributed by atoms with E-state index in [4.69, 9.17) is 11.6 Å². The van der Waals surface area contributed by atoms with E-state index < -0.39 is 0 Å². The second-order valence-corrected chi connectivity index (χ2v) is 8.78. The van der Waals surface area contributed by atoms with Gasteiger partial charge in [-0.25, -0.2) is 14.2 Å². The van der Waals surface area contributed by atoms with Crippen molar-refractivity contribution in [3.63, 3.8) is 0 Å². The summed E-state index contributed by atoms with van der Waals surface area (Å²) in [5.74, 6) is 0.157. The minimum absolute atomic E-state index is 0.0145. The number of hydrogen-bond donors (Lipinski definition) is 0. The number of aromatic nitrogens is 3. The fourth-order valence-corrected chi connectivity index (χ4v) is 4.64. The van der Waals surface area contributed by atoms with Gasteiger partial charge in [-0.1, -0.05) is 17.7 Å². The lowest BCUT2D eigenvalue weighted by Gasteiger charge is -2.47. The van der Waals surface area contributed by atoms with Crippen LogP contribution in [0.1, 0.15) is 38.1 Å². The molecule has 1 aliphatic rings. The number of rotatable bonds is 3. The Hall–Kier alpha value is -3.02. The standard InChI is InChI=1S/C23H24ClFN6O/c1-13-12-31(14(2)11-30(13)15(3)18-7-5-16(24)9-19(18)25)22-21-20(29(4)23(32)28-22)8-6-17(10-26)27-21/h5-9,13-15H,11-12H2,1-4H3/t13?,14-,15?/m0/s1. The first-order valence-electron chi connectivity index (χ1n) is 10.5. The molecule has 2 aromatic heterocycles. The van der Waals surface area contributed by atoms with Crippen molar-refractivity contribution in [1.29, 1.82) is 5.26 Å². The molecule has 32 heavy (non-hydrogen) atoms. The van der Waals surface area contributed by atoms with Crippen LogP contribution in [0.2, 0.25) is 5.02 Å². The van der Waals surface area contributed by atoms with Crippen molar-refractivity contribution in [3.05, 3.63) is 62.9 Å². The summed E-state index contributed by atoms with van der Waals surface area (Å²) in [6, 6.07) is 10.0. The molecular weight excluding hydrogens is 431 g/mol. The number of aryl methyl sites for hydroxylation is 1. The van der Waals surface area contributed by atoms with Gasteiger partial charge in [0.15, 0.2) is 5.82 Å². The molecular formula is C23H24ClFN6O. The zero-order chi connectivity index (χ0) is 23.2. The first kappa shape index (κ1) is 22.2. The molecule has 0 amide bonds. The third-order valence-corrected chi connectivity index (χ3v) is 6.50. The largest absolute Gasteiger partial charge is 0.349 e. The van der Waals surface area contributed by atoms with Crippen molar-refractivity contribution in [2.24, 2.45) is 7.05 Å². The van der Waals surface area contributed by atoms with E-state index in [1.165, 1.54) is 10.6 Å². The topological polar surface area (TPSA) is 78.0 Å². The van der Waals surface area contributed by atoms with Crippen LogP contribution in [0.5, 0.6) is 0 Å². The van der Waals surface area contributed by atoms with E-state index in [0.717, 1.165) is 0 Å². The predicted octanol–water partition coefficient (Wildman–Crippen LogP) is 3.65. The fraction of sp³-hybridized carbons (Fsp3) is 0.391. The van der Waals surface area contributed by atoms with E-state index in [2.05, 4.69) is 32.8 Å². The van der Waals surface area contributed by atoms with Gasteiger partial charge < -0.3 is 4.90 Å². The molecule has 0 radical (unpaired) electrons. The minimum Gasteiger partial charge on any atom is -0.349 e. The molecule has 3 heterocycles. The maximum atomic E-state index is 14.5. The molecule has 3 aromatic rings. The molecule has 0 N–H and O–H groups in total. The highest BCUT2D eigenvalue weighted by molar-refractivity contribution is 6.30. The van der Waals surface area contributed by atoms with Gasteiger partial charge in [-0.3, -0.25) is 9.47 Å². The SMILES string of the molecule is CC1CN(c2nc(=O)n(C)c3ccc(C#N)nc23)[C@@H](C)CN1C(C)c1ccc(Cl)cc1F. The average Bonchev–Trinajstić information content (AvgIpc) is 2.77. The summed E-state index contributed by atoms with van der Waals surface area (Å²) in [6.07, 6.45) is 0. The number of piperazine rings is 1. The highest BCUT2D eigenvalue weighted by Crippen LogP contribution is 2.32. The highest BCUT2D eigenvalue weighted by atomic mass is 35.5. The third kappa shape index (κ3) is 3.83. The van der Waals surface area contributed by atoms with E-state index in [1.54, 1.807) is 31.3 Å². The Balaban J connectivity index is 1.70. The summed E-state index contributed by atoms with van der Waals surface area (Å²) in [4.78, 5) is 25.6. The second-order valence-electron chi connectivity index (χ2n) is 8.34. The maximum Gasteiger partial charge on any atom is 0.349 e. The van der Waals surface area contributed by atoms with Crippen LogP contribution in [0.3, 0.4) is 0 Å². The summed E-state index contributed by atoms with van der Waals surface area (Å²) >= 11 is 5.92. The number of fused-ring (bicyclic) bond motifs is 1. The first-order chi connectivity index (χ1) is 15.2. The van der Waals surface area contributed by atoms with Gasteiger partial charge in [0.25, 0.3) is 0 Å². The molecule has 166 valence electrons. The van der Waals surface area contributed by atoms with Crippen molar-refractivity contribution < 1.29 is 4.39 Å². The van der Waals surface area contributed by atoms with Crippen molar-refractivity contribution in [2.75, 3.05) is 18.0 Å². The first-order valence-corrected chi connectivity index (χ1v) is 10.8. The van der Waals surface area contributed by atoms with Crippen LogP contribution in [0, 0.1) is 17.1 Å². The molecule has 9 heteroatoms. The van der Waals surface area contributed by atoms with Crippen LogP contribution < -0.4 is 10.6 Å². The Morgan fingerprint density at radius 2 is 1.94 bits per heavy atom. The van der Waals surface area contributed by atoms with Gasteiger partial charge in [0.2, 0.25) is 0 Å². The van der Waals surface area contributed by atoms with Gasteiger partial charge in [0.05, 0.1) is 5.52 Å². The van der Waals surface area contributed by atoms with Gasteiger partial charge in [-0.15, -0.1) is 0 Å². The van der Waals surface area contributed by atoms with E-state index in [-0.39, 0.29) is 35.3 Å². The fourth-order valence-electron chi connectivity index (χ4n) is 4.48. The number of pyridine rings is 1. The summed E-state index contributed by atoms with van der Waals surface area (Å²) in [7, 11) is 1.64. The summed E-state index contributed by atoms with van der Waals surface area (Å²) < 4.78 is 16.0.